The molecule has 1 amide bonds. The number of aromatic nitrogens is 2. The minimum absolute atomic E-state index is 0.0193. The number of carbonyl (C=O) groups is 2. The van der Waals surface area contributed by atoms with E-state index in [9.17, 15) is 14.0 Å². The molecular weight excluding hydrogens is 337 g/mol. The second kappa shape index (κ2) is 7.68. The molecule has 0 bridgehead atoms. The van der Waals surface area contributed by atoms with E-state index in [1.54, 1.807) is 27.8 Å². The zero-order valence-electron chi connectivity index (χ0n) is 14.6. The van der Waals surface area contributed by atoms with Crippen LogP contribution >= 0.6 is 0 Å². The lowest BCUT2D eigenvalue weighted by Gasteiger charge is -2.32. The molecule has 7 heteroatoms. The molecule has 2 heterocycles. The number of likely N-dealkylation sites (tertiary alicyclic amines) is 1. The van der Waals surface area contributed by atoms with Gasteiger partial charge in [0.25, 0.3) is 0 Å². The molecule has 1 aromatic carbocycles. The van der Waals surface area contributed by atoms with E-state index in [0.717, 1.165) is 12.8 Å². The van der Waals surface area contributed by atoms with Gasteiger partial charge in [-0.3, -0.25) is 9.48 Å². The van der Waals surface area contributed by atoms with E-state index in [-0.39, 0.29) is 35.7 Å². The van der Waals surface area contributed by atoms with Gasteiger partial charge in [-0.1, -0.05) is 25.1 Å². The highest BCUT2D eigenvalue weighted by Gasteiger charge is 2.26. The lowest BCUT2D eigenvalue weighted by molar-refractivity contribution is -0.132. The van der Waals surface area contributed by atoms with E-state index in [2.05, 4.69) is 5.10 Å². The van der Waals surface area contributed by atoms with Crippen molar-refractivity contribution in [2.45, 2.75) is 38.1 Å². The van der Waals surface area contributed by atoms with Crippen LogP contribution in [0.25, 0.3) is 0 Å². The summed E-state index contributed by atoms with van der Waals surface area (Å²) in [6, 6.07) is 6.65. The molecule has 138 valence electrons. The Morgan fingerprint density at radius 3 is 2.62 bits per heavy atom. The van der Waals surface area contributed by atoms with Gasteiger partial charge in [0.05, 0.1) is 17.8 Å². The van der Waals surface area contributed by atoms with E-state index < -0.39 is 5.97 Å². The van der Waals surface area contributed by atoms with E-state index in [1.165, 1.54) is 18.5 Å². The number of carboxylic acids is 1. The van der Waals surface area contributed by atoms with Crippen molar-refractivity contribution in [3.63, 3.8) is 0 Å². The predicted octanol–water partition coefficient (Wildman–Crippen LogP) is 3.08. The number of carboxylic acid groups (broad SMARTS) is 1. The lowest BCUT2D eigenvalue weighted by Crippen LogP contribution is -2.39. The maximum Gasteiger partial charge on any atom is 0.338 e. The summed E-state index contributed by atoms with van der Waals surface area (Å²) in [6.07, 6.45) is 4.60. The largest absolute Gasteiger partial charge is 0.478 e. The monoisotopic (exact) mass is 359 g/mol. The summed E-state index contributed by atoms with van der Waals surface area (Å²) in [6.45, 7) is 3.05. The minimum atomic E-state index is -0.994. The van der Waals surface area contributed by atoms with Gasteiger partial charge in [0.1, 0.15) is 5.82 Å². The molecule has 1 aliphatic rings. The van der Waals surface area contributed by atoms with E-state index in [1.807, 2.05) is 6.92 Å². The number of amides is 1. The lowest BCUT2D eigenvalue weighted by atomic mass is 9.96. The van der Waals surface area contributed by atoms with Gasteiger partial charge in [-0.05, 0) is 30.4 Å². The fourth-order valence-corrected chi connectivity index (χ4v) is 3.40. The number of hydrogen-bond donors (Lipinski definition) is 1. The number of nitrogens with zero attached hydrogens (tertiary/aromatic N) is 3. The van der Waals surface area contributed by atoms with Crippen LogP contribution in [0.3, 0.4) is 0 Å². The van der Waals surface area contributed by atoms with Gasteiger partial charge in [0.15, 0.2) is 0 Å². The fraction of sp³-hybridized carbons (Fsp3) is 0.421. The van der Waals surface area contributed by atoms with Crippen molar-refractivity contribution in [3.8, 4) is 0 Å². The molecule has 6 nitrogen and oxygen atoms in total. The average Bonchev–Trinajstić information content (AvgIpc) is 3.12. The molecule has 2 aromatic rings. The number of hydrogen-bond acceptors (Lipinski definition) is 3. The summed E-state index contributed by atoms with van der Waals surface area (Å²) in [5.74, 6) is -1.43. The number of carbonyl (C=O) groups excluding carboxylic acids is 1. The molecule has 0 spiro atoms. The van der Waals surface area contributed by atoms with Crippen molar-refractivity contribution in [1.29, 1.82) is 0 Å². The molecule has 1 aliphatic heterocycles. The maximum absolute atomic E-state index is 13.9. The second-order valence-electron chi connectivity index (χ2n) is 6.75. The van der Waals surface area contributed by atoms with Crippen LogP contribution in [0.2, 0.25) is 0 Å². The highest BCUT2D eigenvalue weighted by atomic mass is 19.1. The maximum atomic E-state index is 13.9. The molecule has 1 N–H and O–H groups in total. The van der Waals surface area contributed by atoms with E-state index >= 15 is 0 Å². The van der Waals surface area contributed by atoms with Gasteiger partial charge in [0, 0.05) is 25.7 Å². The predicted molar refractivity (Wildman–Crippen MR) is 93.5 cm³/mol. The van der Waals surface area contributed by atoms with Gasteiger partial charge >= 0.3 is 5.97 Å². The van der Waals surface area contributed by atoms with Gasteiger partial charge < -0.3 is 10.0 Å². The van der Waals surface area contributed by atoms with Gasteiger partial charge in [-0.25, -0.2) is 9.18 Å². The average molecular weight is 359 g/mol. The summed E-state index contributed by atoms with van der Waals surface area (Å²) in [5, 5.41) is 13.1. The van der Waals surface area contributed by atoms with Crippen molar-refractivity contribution in [2.24, 2.45) is 0 Å². The van der Waals surface area contributed by atoms with Crippen molar-refractivity contribution < 1.29 is 19.1 Å². The molecule has 26 heavy (non-hydrogen) atoms. The van der Waals surface area contributed by atoms with Crippen LogP contribution in [-0.2, 0) is 4.79 Å². The van der Waals surface area contributed by atoms with Crippen LogP contribution in [0.4, 0.5) is 4.39 Å². The summed E-state index contributed by atoms with van der Waals surface area (Å²) in [4.78, 5) is 25.3. The molecule has 1 saturated heterocycles. The first-order valence-electron chi connectivity index (χ1n) is 8.75. The Balaban J connectivity index is 1.55. The molecule has 1 atom stereocenters. The number of rotatable bonds is 5. The molecular formula is C19H22FN3O3. The molecule has 3 rings (SSSR count). The Morgan fingerprint density at radius 2 is 2.00 bits per heavy atom. The third kappa shape index (κ3) is 3.92. The summed E-state index contributed by atoms with van der Waals surface area (Å²) >= 11 is 0. The van der Waals surface area contributed by atoms with E-state index in [4.69, 9.17) is 5.11 Å². The van der Waals surface area contributed by atoms with Gasteiger partial charge in [0.2, 0.25) is 5.91 Å². The molecule has 0 aliphatic carbocycles. The zero-order valence-corrected chi connectivity index (χ0v) is 14.6. The number of halogens is 1. The van der Waals surface area contributed by atoms with E-state index in [0.29, 0.717) is 18.7 Å². The summed E-state index contributed by atoms with van der Waals surface area (Å²) in [7, 11) is 0. The number of piperidine rings is 1. The first-order chi connectivity index (χ1) is 12.5. The topological polar surface area (TPSA) is 75.4 Å². The fourth-order valence-electron chi connectivity index (χ4n) is 3.40. The zero-order chi connectivity index (χ0) is 18.7. The summed E-state index contributed by atoms with van der Waals surface area (Å²) in [5.41, 5.74) is 0.732. The van der Waals surface area contributed by atoms with Crippen LogP contribution in [0, 0.1) is 5.82 Å². The van der Waals surface area contributed by atoms with Crippen LogP contribution in [0.5, 0.6) is 0 Å². The van der Waals surface area contributed by atoms with Crippen LogP contribution < -0.4 is 0 Å². The third-order valence-corrected chi connectivity index (χ3v) is 4.96. The normalized spacial score (nSPS) is 16.5. The Bertz CT molecular complexity index is 797. The first kappa shape index (κ1) is 18.1. The smallest absolute Gasteiger partial charge is 0.338 e. The quantitative estimate of drug-likeness (QED) is 0.890. The second-order valence-corrected chi connectivity index (χ2v) is 6.75. The molecule has 0 saturated carbocycles. The standard InChI is InChI=1S/C19H22FN3O3/c1-13(16-4-2-3-5-17(16)20)10-18(24)22-8-6-15(7-9-22)23-12-14(11-21-23)19(25)26/h2-5,11-13,15H,6-10H2,1H3,(H,25,26). The van der Waals surface area contributed by atoms with Crippen LogP contribution in [-0.4, -0.2) is 44.8 Å². The highest BCUT2D eigenvalue weighted by molar-refractivity contribution is 5.86. The van der Waals surface area contributed by atoms with Gasteiger partial charge in [-0.15, -0.1) is 0 Å². The Hall–Kier alpha value is -2.70. The van der Waals surface area contributed by atoms with Crippen LogP contribution in [0.15, 0.2) is 36.7 Å². The molecule has 1 unspecified atom stereocenters. The third-order valence-electron chi connectivity index (χ3n) is 4.96. The van der Waals surface area contributed by atoms with Crippen molar-refractivity contribution in [1.82, 2.24) is 14.7 Å². The first-order valence-corrected chi connectivity index (χ1v) is 8.75. The highest BCUT2D eigenvalue weighted by Crippen LogP contribution is 2.26. The van der Waals surface area contributed by atoms with Crippen LogP contribution in [0.1, 0.15) is 54.1 Å². The number of aromatic carboxylic acids is 1. The van der Waals surface area contributed by atoms with Crippen molar-refractivity contribution in [2.75, 3.05) is 13.1 Å². The molecule has 1 aromatic heterocycles. The van der Waals surface area contributed by atoms with Crippen molar-refractivity contribution >= 4 is 11.9 Å². The minimum Gasteiger partial charge on any atom is -0.478 e. The molecule has 1 fully saturated rings. The Labute approximate surface area is 151 Å². The van der Waals surface area contributed by atoms with Gasteiger partial charge in [-0.2, -0.15) is 5.10 Å². The number of benzene rings is 1. The Morgan fingerprint density at radius 1 is 1.31 bits per heavy atom. The molecule has 0 radical (unpaired) electrons. The SMILES string of the molecule is CC(CC(=O)N1CCC(n2cc(C(=O)O)cn2)CC1)c1ccccc1F. The van der Waals surface area contributed by atoms with Crippen molar-refractivity contribution in [3.05, 3.63) is 53.6 Å². The summed E-state index contributed by atoms with van der Waals surface area (Å²) < 4.78 is 15.5. The Kier molecular flexibility index (Phi) is 5.35.